The molecule has 4 rings (SSSR count). The number of carbonyl (C=O) groups is 1. The number of hydrogen-bond acceptors (Lipinski definition) is 4. The Morgan fingerprint density at radius 2 is 1.68 bits per heavy atom. The van der Waals surface area contributed by atoms with Crippen molar-refractivity contribution in [2.45, 2.75) is 18.9 Å². The molecule has 0 spiro atoms. The number of benzene rings is 2. The van der Waals surface area contributed by atoms with Crippen LogP contribution in [0.3, 0.4) is 0 Å². The van der Waals surface area contributed by atoms with Crippen LogP contribution in [0.2, 0.25) is 0 Å². The minimum atomic E-state index is -0.0328. The first-order valence-corrected chi connectivity index (χ1v) is 9.47. The van der Waals surface area contributed by atoms with E-state index >= 15 is 0 Å². The molecule has 2 heterocycles. The molecule has 3 aromatic rings. The number of aromatic nitrogens is 1. The molecule has 1 fully saturated rings. The first kappa shape index (κ1) is 18.0. The van der Waals surface area contributed by atoms with E-state index in [0.29, 0.717) is 30.2 Å². The molecule has 0 bridgehead atoms. The number of rotatable bonds is 5. The molecule has 142 valence electrons. The van der Waals surface area contributed by atoms with E-state index in [2.05, 4.69) is 4.98 Å². The first-order chi connectivity index (χ1) is 13.8. The normalized spacial score (nSPS) is 16.4. The van der Waals surface area contributed by atoms with Gasteiger partial charge in [-0.05, 0) is 49.2 Å². The summed E-state index contributed by atoms with van der Waals surface area (Å²) in [6.45, 7) is 1.27. The summed E-state index contributed by atoms with van der Waals surface area (Å²) in [5.74, 6) is 2.02. The molecule has 0 saturated carbocycles. The van der Waals surface area contributed by atoms with Gasteiger partial charge in [-0.15, -0.1) is 0 Å². The predicted octanol–water partition coefficient (Wildman–Crippen LogP) is 4.56. The quantitative estimate of drug-likeness (QED) is 0.657. The molecule has 1 saturated heterocycles. The zero-order valence-corrected chi connectivity index (χ0v) is 15.5. The highest BCUT2D eigenvalue weighted by Gasteiger charge is 2.27. The highest BCUT2D eigenvalue weighted by Crippen LogP contribution is 2.27. The Kier molecular flexibility index (Phi) is 5.52. The zero-order valence-electron chi connectivity index (χ0n) is 15.5. The largest absolute Gasteiger partial charge is 0.488 e. The van der Waals surface area contributed by atoms with Crippen LogP contribution in [0.25, 0.3) is 0 Å². The SMILES string of the molecule is O=C(c1ccccc1Oc1ccccc1)N1CCCC(Oc2ccncc2)C1. The first-order valence-electron chi connectivity index (χ1n) is 9.47. The molecule has 1 unspecified atom stereocenters. The van der Waals surface area contributed by atoms with Crippen molar-refractivity contribution in [3.8, 4) is 17.2 Å². The van der Waals surface area contributed by atoms with Gasteiger partial charge in [0.05, 0.1) is 12.1 Å². The number of piperidine rings is 1. The van der Waals surface area contributed by atoms with E-state index in [-0.39, 0.29) is 12.0 Å². The van der Waals surface area contributed by atoms with E-state index in [9.17, 15) is 4.79 Å². The fourth-order valence-electron chi connectivity index (χ4n) is 3.35. The van der Waals surface area contributed by atoms with Gasteiger partial charge < -0.3 is 14.4 Å². The molecule has 0 aliphatic carbocycles. The number of nitrogens with zero attached hydrogens (tertiary/aromatic N) is 2. The van der Waals surface area contributed by atoms with Crippen molar-refractivity contribution >= 4 is 5.91 Å². The molecular weight excluding hydrogens is 352 g/mol. The molecule has 1 atom stereocenters. The lowest BCUT2D eigenvalue weighted by atomic mass is 10.1. The second-order valence-electron chi connectivity index (χ2n) is 6.73. The Balaban J connectivity index is 1.48. The minimum Gasteiger partial charge on any atom is -0.488 e. The van der Waals surface area contributed by atoms with E-state index in [1.165, 1.54) is 0 Å². The number of amides is 1. The Bertz CT molecular complexity index is 915. The fourth-order valence-corrected chi connectivity index (χ4v) is 3.35. The molecule has 1 aromatic heterocycles. The van der Waals surface area contributed by atoms with Crippen LogP contribution in [-0.2, 0) is 0 Å². The minimum absolute atomic E-state index is 0.0256. The number of pyridine rings is 1. The summed E-state index contributed by atoms with van der Waals surface area (Å²) < 4.78 is 12.0. The van der Waals surface area contributed by atoms with Gasteiger partial charge in [0, 0.05) is 18.9 Å². The van der Waals surface area contributed by atoms with Crippen LogP contribution in [0.4, 0.5) is 0 Å². The third kappa shape index (κ3) is 4.31. The van der Waals surface area contributed by atoms with Gasteiger partial charge in [0.15, 0.2) is 0 Å². The van der Waals surface area contributed by atoms with Crippen molar-refractivity contribution in [1.29, 1.82) is 0 Å². The van der Waals surface area contributed by atoms with Gasteiger partial charge in [-0.1, -0.05) is 30.3 Å². The summed E-state index contributed by atoms with van der Waals surface area (Å²) in [5.41, 5.74) is 0.566. The van der Waals surface area contributed by atoms with Crippen LogP contribution < -0.4 is 9.47 Å². The molecule has 1 amide bonds. The Morgan fingerprint density at radius 1 is 0.929 bits per heavy atom. The number of carbonyl (C=O) groups excluding carboxylic acids is 1. The standard InChI is InChI=1S/C23H22N2O3/c26-23(21-10-4-5-11-22(21)28-18-7-2-1-3-8-18)25-16-6-9-20(17-25)27-19-12-14-24-15-13-19/h1-5,7-8,10-15,20H,6,9,16-17H2. The summed E-state index contributed by atoms with van der Waals surface area (Å²) in [6, 6.07) is 20.6. The average Bonchev–Trinajstić information content (AvgIpc) is 2.75. The Hall–Kier alpha value is -3.34. The summed E-state index contributed by atoms with van der Waals surface area (Å²) in [4.78, 5) is 19.0. The molecule has 1 aliphatic rings. The molecule has 2 aromatic carbocycles. The molecule has 5 heteroatoms. The predicted molar refractivity (Wildman–Crippen MR) is 107 cm³/mol. The van der Waals surface area contributed by atoms with Gasteiger partial charge in [-0.25, -0.2) is 0 Å². The lowest BCUT2D eigenvalue weighted by Gasteiger charge is -2.33. The van der Waals surface area contributed by atoms with Crippen molar-refractivity contribution in [3.63, 3.8) is 0 Å². The molecular formula is C23H22N2O3. The van der Waals surface area contributed by atoms with Gasteiger partial charge in [-0.3, -0.25) is 9.78 Å². The lowest BCUT2D eigenvalue weighted by Crippen LogP contribution is -2.44. The van der Waals surface area contributed by atoms with E-state index in [1.807, 2.05) is 71.6 Å². The summed E-state index contributed by atoms with van der Waals surface area (Å²) in [6.07, 6.45) is 5.22. The van der Waals surface area contributed by atoms with Crippen LogP contribution in [0.1, 0.15) is 23.2 Å². The summed E-state index contributed by atoms with van der Waals surface area (Å²) in [7, 11) is 0. The average molecular weight is 374 g/mol. The monoisotopic (exact) mass is 374 g/mol. The third-order valence-electron chi connectivity index (χ3n) is 4.71. The van der Waals surface area contributed by atoms with Gasteiger partial charge in [-0.2, -0.15) is 0 Å². The van der Waals surface area contributed by atoms with E-state index in [1.54, 1.807) is 12.4 Å². The zero-order chi connectivity index (χ0) is 19.2. The molecule has 5 nitrogen and oxygen atoms in total. The van der Waals surface area contributed by atoms with Crippen molar-refractivity contribution in [2.24, 2.45) is 0 Å². The van der Waals surface area contributed by atoms with Crippen molar-refractivity contribution in [2.75, 3.05) is 13.1 Å². The summed E-state index contributed by atoms with van der Waals surface area (Å²) in [5, 5.41) is 0. The van der Waals surface area contributed by atoms with Crippen molar-refractivity contribution < 1.29 is 14.3 Å². The maximum atomic E-state index is 13.2. The van der Waals surface area contributed by atoms with Crippen LogP contribution in [-0.4, -0.2) is 35.0 Å². The highest BCUT2D eigenvalue weighted by atomic mass is 16.5. The molecule has 1 aliphatic heterocycles. The smallest absolute Gasteiger partial charge is 0.257 e. The van der Waals surface area contributed by atoms with Crippen molar-refractivity contribution in [1.82, 2.24) is 9.88 Å². The van der Waals surface area contributed by atoms with Gasteiger partial charge in [0.25, 0.3) is 5.91 Å². The van der Waals surface area contributed by atoms with E-state index in [4.69, 9.17) is 9.47 Å². The third-order valence-corrected chi connectivity index (χ3v) is 4.71. The second kappa shape index (κ2) is 8.57. The number of para-hydroxylation sites is 2. The maximum absolute atomic E-state index is 13.2. The van der Waals surface area contributed by atoms with Gasteiger partial charge in [0.2, 0.25) is 0 Å². The van der Waals surface area contributed by atoms with E-state index in [0.717, 1.165) is 18.6 Å². The van der Waals surface area contributed by atoms with Crippen LogP contribution in [0.5, 0.6) is 17.2 Å². The Labute approximate surface area is 164 Å². The topological polar surface area (TPSA) is 51.7 Å². The van der Waals surface area contributed by atoms with Crippen LogP contribution in [0, 0.1) is 0 Å². The number of ether oxygens (including phenoxy) is 2. The fraction of sp³-hybridized carbons (Fsp3) is 0.217. The number of hydrogen-bond donors (Lipinski definition) is 0. The van der Waals surface area contributed by atoms with Crippen LogP contribution in [0.15, 0.2) is 79.1 Å². The summed E-state index contributed by atoms with van der Waals surface area (Å²) >= 11 is 0. The van der Waals surface area contributed by atoms with Crippen molar-refractivity contribution in [3.05, 3.63) is 84.7 Å². The van der Waals surface area contributed by atoms with Gasteiger partial charge in [0.1, 0.15) is 23.4 Å². The van der Waals surface area contributed by atoms with Gasteiger partial charge >= 0.3 is 0 Å². The molecule has 28 heavy (non-hydrogen) atoms. The molecule has 0 radical (unpaired) electrons. The van der Waals surface area contributed by atoms with E-state index < -0.39 is 0 Å². The number of likely N-dealkylation sites (tertiary alicyclic amines) is 1. The Morgan fingerprint density at radius 3 is 2.50 bits per heavy atom. The second-order valence-corrected chi connectivity index (χ2v) is 6.73. The lowest BCUT2D eigenvalue weighted by molar-refractivity contribution is 0.0535. The maximum Gasteiger partial charge on any atom is 0.257 e. The highest BCUT2D eigenvalue weighted by molar-refractivity contribution is 5.97. The van der Waals surface area contributed by atoms with Crippen LogP contribution >= 0.6 is 0 Å². The molecule has 0 N–H and O–H groups in total.